The average Bonchev–Trinajstić information content (AvgIpc) is 2.59. The van der Waals surface area contributed by atoms with Crippen LogP contribution >= 0.6 is 0 Å². The molecule has 0 atom stereocenters. The van der Waals surface area contributed by atoms with Crippen molar-refractivity contribution in [2.24, 2.45) is 5.41 Å². The second kappa shape index (κ2) is 5.73. The second-order valence-electron chi connectivity index (χ2n) is 6.17. The molecule has 0 bridgehead atoms. The fraction of sp³-hybridized carbons (Fsp3) is 0.562. The van der Waals surface area contributed by atoms with Crippen LogP contribution in [0.25, 0.3) is 0 Å². The third-order valence-electron chi connectivity index (χ3n) is 4.08. The summed E-state index contributed by atoms with van der Waals surface area (Å²) in [5, 5.41) is 10.1. The number of rotatable bonds is 2. The highest BCUT2D eigenvalue weighted by atomic mass is 16.5. The van der Waals surface area contributed by atoms with Crippen molar-refractivity contribution in [2.45, 2.75) is 33.1 Å². The van der Waals surface area contributed by atoms with E-state index in [0.29, 0.717) is 11.3 Å². The maximum absolute atomic E-state index is 12.6. The molecule has 0 aromatic heterocycles. The highest BCUT2D eigenvalue weighted by Gasteiger charge is 2.27. The minimum absolute atomic E-state index is 0.0662. The molecule has 0 aliphatic carbocycles. The average molecular weight is 277 g/mol. The predicted molar refractivity (Wildman–Crippen MR) is 78.2 cm³/mol. The lowest BCUT2D eigenvalue weighted by Gasteiger charge is -2.23. The van der Waals surface area contributed by atoms with Gasteiger partial charge in [-0.25, -0.2) is 0 Å². The van der Waals surface area contributed by atoms with Gasteiger partial charge in [0.05, 0.1) is 12.7 Å². The summed E-state index contributed by atoms with van der Waals surface area (Å²) >= 11 is 0. The Balaban J connectivity index is 2.19. The number of para-hydroxylation sites is 1. The molecule has 0 saturated carbocycles. The van der Waals surface area contributed by atoms with Crippen LogP contribution in [-0.4, -0.2) is 36.1 Å². The van der Waals surface area contributed by atoms with Crippen LogP contribution in [0.15, 0.2) is 18.2 Å². The fourth-order valence-electron chi connectivity index (χ4n) is 2.66. The molecule has 1 amide bonds. The van der Waals surface area contributed by atoms with Crippen molar-refractivity contribution < 1.29 is 14.6 Å². The maximum atomic E-state index is 12.6. The largest absolute Gasteiger partial charge is 0.504 e. The van der Waals surface area contributed by atoms with E-state index in [0.717, 1.165) is 32.4 Å². The van der Waals surface area contributed by atoms with E-state index in [1.807, 2.05) is 4.90 Å². The Kier molecular flexibility index (Phi) is 4.21. The first kappa shape index (κ1) is 14.7. The fourth-order valence-corrected chi connectivity index (χ4v) is 2.66. The number of likely N-dealkylation sites (tertiary alicyclic amines) is 1. The van der Waals surface area contributed by atoms with Crippen molar-refractivity contribution in [3.8, 4) is 11.5 Å². The third-order valence-corrected chi connectivity index (χ3v) is 4.08. The van der Waals surface area contributed by atoms with Crippen LogP contribution in [0.5, 0.6) is 11.5 Å². The van der Waals surface area contributed by atoms with Gasteiger partial charge in [-0.3, -0.25) is 4.79 Å². The summed E-state index contributed by atoms with van der Waals surface area (Å²) in [5.41, 5.74) is 0.606. The highest BCUT2D eigenvalue weighted by molar-refractivity contribution is 5.97. The van der Waals surface area contributed by atoms with Gasteiger partial charge in [0, 0.05) is 13.1 Å². The number of nitrogens with zero attached hydrogens (tertiary/aromatic N) is 1. The Morgan fingerprint density at radius 2 is 2.05 bits per heavy atom. The SMILES string of the molecule is COc1cccc(C(=O)N2CCCC(C)(C)CC2)c1O. The molecular weight excluding hydrogens is 254 g/mol. The Morgan fingerprint density at radius 1 is 1.30 bits per heavy atom. The number of aromatic hydroxyl groups is 1. The van der Waals surface area contributed by atoms with Crippen LogP contribution in [0.1, 0.15) is 43.5 Å². The molecule has 1 N–H and O–H groups in total. The third kappa shape index (κ3) is 3.06. The van der Waals surface area contributed by atoms with Crippen molar-refractivity contribution in [1.82, 2.24) is 4.90 Å². The smallest absolute Gasteiger partial charge is 0.257 e. The molecule has 20 heavy (non-hydrogen) atoms. The first-order valence-electron chi connectivity index (χ1n) is 7.10. The minimum Gasteiger partial charge on any atom is -0.504 e. The van der Waals surface area contributed by atoms with Gasteiger partial charge >= 0.3 is 0 Å². The summed E-state index contributed by atoms with van der Waals surface area (Å²) in [6.45, 7) is 5.97. The topological polar surface area (TPSA) is 49.8 Å². The molecule has 4 nitrogen and oxygen atoms in total. The lowest BCUT2D eigenvalue weighted by Crippen LogP contribution is -2.32. The van der Waals surface area contributed by atoms with Crippen molar-refractivity contribution in [1.29, 1.82) is 0 Å². The molecule has 1 fully saturated rings. The van der Waals surface area contributed by atoms with E-state index in [9.17, 15) is 9.90 Å². The van der Waals surface area contributed by atoms with Crippen LogP contribution in [0.3, 0.4) is 0 Å². The van der Waals surface area contributed by atoms with Gasteiger partial charge in [0.25, 0.3) is 5.91 Å². The molecular formula is C16H23NO3. The summed E-state index contributed by atoms with van der Waals surface area (Å²) in [6.07, 6.45) is 3.12. The maximum Gasteiger partial charge on any atom is 0.257 e. The Bertz CT molecular complexity index is 496. The van der Waals surface area contributed by atoms with Gasteiger partial charge in [0.15, 0.2) is 11.5 Å². The number of carbonyl (C=O) groups excluding carboxylic acids is 1. The number of phenols is 1. The molecule has 4 heteroatoms. The standard InChI is InChI=1S/C16H23NO3/c1-16(2)8-5-10-17(11-9-16)15(19)12-6-4-7-13(20-3)14(12)18/h4,6-7,18H,5,8-11H2,1-3H3. The Morgan fingerprint density at radius 3 is 2.75 bits per heavy atom. The Labute approximate surface area is 120 Å². The highest BCUT2D eigenvalue weighted by Crippen LogP contribution is 2.33. The van der Waals surface area contributed by atoms with Crippen LogP contribution in [0.2, 0.25) is 0 Å². The summed E-state index contributed by atoms with van der Waals surface area (Å²) in [4.78, 5) is 14.4. The van der Waals surface area contributed by atoms with Crippen LogP contribution < -0.4 is 4.74 Å². The van der Waals surface area contributed by atoms with Crippen LogP contribution in [0.4, 0.5) is 0 Å². The van der Waals surface area contributed by atoms with E-state index in [1.165, 1.54) is 7.11 Å². The molecule has 1 saturated heterocycles. The van der Waals surface area contributed by atoms with Gasteiger partial charge in [0.1, 0.15) is 0 Å². The summed E-state index contributed by atoms with van der Waals surface area (Å²) in [7, 11) is 1.48. The lowest BCUT2D eigenvalue weighted by atomic mass is 9.85. The van der Waals surface area contributed by atoms with Gasteiger partial charge in [-0.2, -0.15) is 0 Å². The van der Waals surface area contributed by atoms with Crippen molar-refractivity contribution in [3.63, 3.8) is 0 Å². The monoisotopic (exact) mass is 277 g/mol. The zero-order valence-electron chi connectivity index (χ0n) is 12.5. The summed E-state index contributed by atoms with van der Waals surface area (Å²) < 4.78 is 5.06. The summed E-state index contributed by atoms with van der Waals surface area (Å²) in [5.74, 6) is 0.161. The van der Waals surface area contributed by atoms with Gasteiger partial charge in [-0.05, 0) is 36.8 Å². The molecule has 1 aliphatic rings. The molecule has 0 radical (unpaired) electrons. The molecule has 1 aromatic carbocycles. The number of hydrogen-bond donors (Lipinski definition) is 1. The first-order chi connectivity index (χ1) is 9.44. The van der Waals surface area contributed by atoms with Crippen molar-refractivity contribution in [2.75, 3.05) is 20.2 Å². The quantitative estimate of drug-likeness (QED) is 0.904. The van der Waals surface area contributed by atoms with E-state index >= 15 is 0 Å². The van der Waals surface area contributed by atoms with Gasteiger partial charge in [-0.15, -0.1) is 0 Å². The number of carbonyl (C=O) groups is 1. The van der Waals surface area contributed by atoms with E-state index in [4.69, 9.17) is 4.74 Å². The second-order valence-corrected chi connectivity index (χ2v) is 6.17. The number of ether oxygens (including phenoxy) is 1. The lowest BCUT2D eigenvalue weighted by molar-refractivity contribution is 0.0753. The molecule has 110 valence electrons. The number of amides is 1. The zero-order valence-corrected chi connectivity index (χ0v) is 12.5. The number of hydrogen-bond acceptors (Lipinski definition) is 3. The van der Waals surface area contributed by atoms with Crippen molar-refractivity contribution in [3.05, 3.63) is 23.8 Å². The van der Waals surface area contributed by atoms with Crippen LogP contribution in [0, 0.1) is 5.41 Å². The summed E-state index contributed by atoms with van der Waals surface area (Å²) in [6, 6.07) is 5.03. The molecule has 0 spiro atoms. The Hall–Kier alpha value is -1.71. The number of benzene rings is 1. The molecule has 1 aromatic rings. The predicted octanol–water partition coefficient (Wildman–Crippen LogP) is 3.05. The van der Waals surface area contributed by atoms with Gasteiger partial charge in [-0.1, -0.05) is 19.9 Å². The molecule has 0 unspecified atom stereocenters. The van der Waals surface area contributed by atoms with E-state index in [1.54, 1.807) is 18.2 Å². The van der Waals surface area contributed by atoms with Gasteiger partial charge < -0.3 is 14.7 Å². The zero-order chi connectivity index (χ0) is 14.8. The van der Waals surface area contributed by atoms with Crippen molar-refractivity contribution >= 4 is 5.91 Å². The number of methoxy groups -OCH3 is 1. The van der Waals surface area contributed by atoms with Crippen LogP contribution in [-0.2, 0) is 0 Å². The molecule has 1 heterocycles. The van der Waals surface area contributed by atoms with E-state index in [-0.39, 0.29) is 17.1 Å². The first-order valence-corrected chi connectivity index (χ1v) is 7.10. The van der Waals surface area contributed by atoms with E-state index < -0.39 is 0 Å². The molecule has 1 aliphatic heterocycles. The van der Waals surface area contributed by atoms with Gasteiger partial charge in [0.2, 0.25) is 0 Å². The number of phenolic OH excluding ortho intramolecular Hbond substituents is 1. The normalized spacial score (nSPS) is 18.4. The minimum atomic E-state index is -0.112. The molecule has 2 rings (SSSR count). The van der Waals surface area contributed by atoms with E-state index in [2.05, 4.69) is 13.8 Å².